The normalized spacial score (nSPS) is 25.8. The Morgan fingerprint density at radius 2 is 1.68 bits per heavy atom. The summed E-state index contributed by atoms with van der Waals surface area (Å²) in [6.07, 6.45) is -6.48. The summed E-state index contributed by atoms with van der Waals surface area (Å²) < 4.78 is 15.8. The summed E-state index contributed by atoms with van der Waals surface area (Å²) >= 11 is 0. The Morgan fingerprint density at radius 1 is 1.00 bits per heavy atom. The third-order valence-electron chi connectivity index (χ3n) is 5.17. The van der Waals surface area contributed by atoms with Crippen molar-refractivity contribution in [3.8, 4) is 17.2 Å². The Morgan fingerprint density at radius 3 is 2.29 bits per heavy atom. The van der Waals surface area contributed by atoms with E-state index < -0.39 is 37.3 Å². The number of hydrogen-bond acceptors (Lipinski definition) is 9. The average molecular weight is 434 g/mol. The van der Waals surface area contributed by atoms with Gasteiger partial charge in [0.2, 0.25) is 6.29 Å². The van der Waals surface area contributed by atoms with Crippen molar-refractivity contribution in [3.63, 3.8) is 0 Å². The number of carbonyl (C=O) groups excluding carboxylic acids is 1. The van der Waals surface area contributed by atoms with Crippen LogP contribution in [0.2, 0.25) is 0 Å². The maximum absolute atomic E-state index is 12.5. The third-order valence-corrected chi connectivity index (χ3v) is 5.17. The van der Waals surface area contributed by atoms with Crippen LogP contribution in [-0.2, 0) is 11.2 Å². The Kier molecular flexibility index (Phi) is 7.47. The van der Waals surface area contributed by atoms with Crippen molar-refractivity contribution in [1.82, 2.24) is 0 Å². The van der Waals surface area contributed by atoms with Crippen molar-refractivity contribution >= 4 is 5.78 Å². The summed E-state index contributed by atoms with van der Waals surface area (Å²) in [5.41, 5.74) is 1.07. The summed E-state index contributed by atoms with van der Waals surface area (Å²) in [5, 5.41) is 49.2. The number of rotatable bonds is 8. The van der Waals surface area contributed by atoms with E-state index in [0.29, 0.717) is 6.42 Å². The highest BCUT2D eigenvalue weighted by Gasteiger charge is 2.44. The van der Waals surface area contributed by atoms with Crippen molar-refractivity contribution < 1.29 is 44.5 Å². The molecular weight excluding hydrogens is 408 g/mol. The molecule has 0 aliphatic carbocycles. The fourth-order valence-corrected chi connectivity index (χ4v) is 3.30. The van der Waals surface area contributed by atoms with E-state index in [2.05, 4.69) is 0 Å². The topological polar surface area (TPSA) is 146 Å². The number of aromatic hydroxyl groups is 1. The van der Waals surface area contributed by atoms with Crippen LogP contribution in [0.5, 0.6) is 17.2 Å². The lowest BCUT2D eigenvalue weighted by atomic mass is 9.99. The molecule has 1 saturated heterocycles. The summed E-state index contributed by atoms with van der Waals surface area (Å²) in [6.45, 7) is -0.586. The minimum Gasteiger partial charge on any atom is -0.507 e. The predicted octanol–water partition coefficient (Wildman–Crippen LogP) is 0.395. The SMILES string of the molecule is COc1ccc(CCC(=O)c2ccc(OC3OC(CO)C(O)C(O)C3O)cc2O)cc1. The minimum absolute atomic E-state index is 0.0773. The highest BCUT2D eigenvalue weighted by Crippen LogP contribution is 2.29. The van der Waals surface area contributed by atoms with Crippen LogP contribution in [0.4, 0.5) is 0 Å². The number of benzene rings is 2. The molecule has 9 heteroatoms. The average Bonchev–Trinajstić information content (AvgIpc) is 2.78. The number of ether oxygens (including phenoxy) is 3. The first kappa shape index (κ1) is 23.0. The van der Waals surface area contributed by atoms with Crippen molar-refractivity contribution in [2.24, 2.45) is 0 Å². The Bertz CT molecular complexity index is 881. The van der Waals surface area contributed by atoms with Crippen molar-refractivity contribution in [2.45, 2.75) is 43.5 Å². The van der Waals surface area contributed by atoms with Crippen LogP contribution in [0.1, 0.15) is 22.3 Å². The van der Waals surface area contributed by atoms with Gasteiger partial charge in [-0.05, 0) is 36.2 Å². The molecule has 0 amide bonds. The zero-order chi connectivity index (χ0) is 22.5. The Labute approximate surface area is 179 Å². The van der Waals surface area contributed by atoms with E-state index in [1.807, 2.05) is 24.3 Å². The van der Waals surface area contributed by atoms with E-state index in [1.165, 1.54) is 18.2 Å². The molecule has 0 saturated carbocycles. The molecular formula is C22H26O9. The van der Waals surface area contributed by atoms with Crippen molar-refractivity contribution in [1.29, 1.82) is 0 Å². The lowest BCUT2D eigenvalue weighted by Gasteiger charge is -2.39. The van der Waals surface area contributed by atoms with Gasteiger partial charge in [0.25, 0.3) is 0 Å². The summed E-state index contributed by atoms with van der Waals surface area (Å²) in [7, 11) is 1.58. The molecule has 1 aliphatic rings. The lowest BCUT2D eigenvalue weighted by Crippen LogP contribution is -2.60. The molecule has 0 bridgehead atoms. The van der Waals surface area contributed by atoms with E-state index in [0.717, 1.165) is 11.3 Å². The first-order valence-electron chi connectivity index (χ1n) is 9.80. The van der Waals surface area contributed by atoms with Crippen LogP contribution >= 0.6 is 0 Å². The zero-order valence-corrected chi connectivity index (χ0v) is 16.9. The van der Waals surface area contributed by atoms with Crippen LogP contribution in [-0.4, -0.2) is 75.7 Å². The number of phenolic OH excluding ortho intramolecular Hbond substituents is 1. The number of methoxy groups -OCH3 is 1. The minimum atomic E-state index is -1.58. The summed E-state index contributed by atoms with van der Waals surface area (Å²) in [5.74, 6) is 0.241. The van der Waals surface area contributed by atoms with Crippen molar-refractivity contribution in [2.75, 3.05) is 13.7 Å². The molecule has 5 unspecified atom stereocenters. The molecule has 5 N–H and O–H groups in total. The molecule has 0 spiro atoms. The molecule has 3 rings (SSSR count). The maximum Gasteiger partial charge on any atom is 0.229 e. The van der Waals surface area contributed by atoms with Gasteiger partial charge in [0.05, 0.1) is 19.3 Å². The molecule has 0 radical (unpaired) electrons. The second kappa shape index (κ2) is 10.1. The fraction of sp³-hybridized carbons (Fsp3) is 0.409. The number of phenols is 1. The lowest BCUT2D eigenvalue weighted by molar-refractivity contribution is -0.277. The van der Waals surface area contributed by atoms with E-state index in [-0.39, 0.29) is 29.3 Å². The van der Waals surface area contributed by atoms with Crippen LogP contribution in [0.15, 0.2) is 42.5 Å². The van der Waals surface area contributed by atoms with Gasteiger partial charge < -0.3 is 39.7 Å². The molecule has 5 atom stereocenters. The van der Waals surface area contributed by atoms with Gasteiger partial charge in [-0.25, -0.2) is 0 Å². The Hall–Kier alpha value is -2.69. The summed E-state index contributed by atoms with van der Waals surface area (Å²) in [4.78, 5) is 12.5. The number of carbonyl (C=O) groups is 1. The number of ketones is 1. The molecule has 9 nitrogen and oxygen atoms in total. The van der Waals surface area contributed by atoms with Gasteiger partial charge in [-0.2, -0.15) is 0 Å². The van der Waals surface area contributed by atoms with E-state index in [4.69, 9.17) is 14.2 Å². The highest BCUT2D eigenvalue weighted by atomic mass is 16.7. The quantitative estimate of drug-likeness (QED) is 0.373. The standard InChI is InChI=1S/C22H26O9/c1-29-13-5-2-12(3-6-13)4-9-16(24)15-8-7-14(10-17(15)25)30-22-21(28)20(27)19(26)18(11-23)31-22/h2-3,5-8,10,18-23,25-28H,4,9,11H2,1H3. The molecule has 168 valence electrons. The largest absolute Gasteiger partial charge is 0.507 e. The van der Waals surface area contributed by atoms with Crippen LogP contribution in [0.25, 0.3) is 0 Å². The van der Waals surface area contributed by atoms with Gasteiger partial charge in [0, 0.05) is 12.5 Å². The number of aryl methyl sites for hydroxylation is 1. The smallest absolute Gasteiger partial charge is 0.229 e. The number of aliphatic hydroxyl groups excluding tert-OH is 4. The second-order valence-corrected chi connectivity index (χ2v) is 7.27. The molecule has 0 aromatic heterocycles. The van der Waals surface area contributed by atoms with Gasteiger partial charge >= 0.3 is 0 Å². The Balaban J connectivity index is 1.63. The van der Waals surface area contributed by atoms with E-state index >= 15 is 0 Å². The molecule has 1 aliphatic heterocycles. The molecule has 2 aromatic rings. The van der Waals surface area contributed by atoms with Gasteiger partial charge in [-0.1, -0.05) is 12.1 Å². The van der Waals surface area contributed by atoms with Gasteiger partial charge in [0.15, 0.2) is 5.78 Å². The monoisotopic (exact) mass is 434 g/mol. The zero-order valence-electron chi connectivity index (χ0n) is 16.9. The molecule has 1 heterocycles. The number of hydrogen-bond donors (Lipinski definition) is 5. The molecule has 31 heavy (non-hydrogen) atoms. The number of Topliss-reactive ketones (excluding diaryl/α,β-unsaturated/α-hetero) is 1. The van der Waals surface area contributed by atoms with Gasteiger partial charge in [-0.15, -0.1) is 0 Å². The van der Waals surface area contributed by atoms with Crippen LogP contribution < -0.4 is 9.47 Å². The highest BCUT2D eigenvalue weighted by molar-refractivity contribution is 5.98. The van der Waals surface area contributed by atoms with Crippen molar-refractivity contribution in [3.05, 3.63) is 53.6 Å². The first-order chi connectivity index (χ1) is 14.8. The first-order valence-corrected chi connectivity index (χ1v) is 9.80. The maximum atomic E-state index is 12.5. The van der Waals surface area contributed by atoms with E-state index in [9.17, 15) is 30.3 Å². The number of aliphatic hydroxyl groups is 4. The summed E-state index contributed by atoms with van der Waals surface area (Å²) in [6, 6.07) is 11.4. The third kappa shape index (κ3) is 5.33. The predicted molar refractivity (Wildman–Crippen MR) is 108 cm³/mol. The molecule has 1 fully saturated rings. The second-order valence-electron chi connectivity index (χ2n) is 7.27. The van der Waals surface area contributed by atoms with E-state index in [1.54, 1.807) is 7.11 Å². The van der Waals surface area contributed by atoms with Crippen LogP contribution in [0, 0.1) is 0 Å². The fourth-order valence-electron chi connectivity index (χ4n) is 3.30. The molecule has 2 aromatic carbocycles. The van der Waals surface area contributed by atoms with Gasteiger partial charge in [-0.3, -0.25) is 4.79 Å². The van der Waals surface area contributed by atoms with Gasteiger partial charge in [0.1, 0.15) is 41.7 Å². The van der Waals surface area contributed by atoms with Crippen LogP contribution in [0.3, 0.4) is 0 Å².